The molecule has 4 rings (SSSR count). The number of Topliss-reactive ketones (excluding diaryl/α,β-unsaturated/α-hetero) is 1. The Labute approximate surface area is 185 Å². The van der Waals surface area contributed by atoms with Crippen molar-refractivity contribution in [3.8, 4) is 11.3 Å². The van der Waals surface area contributed by atoms with Crippen LogP contribution in [0.5, 0.6) is 0 Å². The van der Waals surface area contributed by atoms with Crippen molar-refractivity contribution in [3.63, 3.8) is 0 Å². The number of aliphatic hydroxyl groups excluding tert-OH is 1. The molecule has 0 bridgehead atoms. The number of hydrogen-bond donors (Lipinski definition) is 2. The lowest BCUT2D eigenvalue weighted by Crippen LogP contribution is -2.22. The zero-order chi connectivity index (χ0) is 23.8. The van der Waals surface area contributed by atoms with Crippen molar-refractivity contribution in [2.24, 2.45) is 0 Å². The molecule has 2 N–H and O–H groups in total. The van der Waals surface area contributed by atoms with Crippen LogP contribution in [-0.4, -0.2) is 26.0 Å². The number of hydrogen-bond acceptors (Lipinski definition) is 5. The maximum Gasteiger partial charge on any atom is 0.433 e. The second-order valence-corrected chi connectivity index (χ2v) is 7.64. The lowest BCUT2D eigenvalue weighted by atomic mass is 9.77. The van der Waals surface area contributed by atoms with Gasteiger partial charge in [0.2, 0.25) is 0 Å². The average molecular weight is 457 g/mol. The Hall–Kier alpha value is -3.95. The van der Waals surface area contributed by atoms with Gasteiger partial charge in [-0.05, 0) is 12.0 Å². The number of aromatic nitrogens is 2. The summed E-state index contributed by atoms with van der Waals surface area (Å²) < 4.78 is 42.2. The number of H-pyrrole nitrogens is 1. The Morgan fingerprint density at radius 3 is 2.30 bits per heavy atom. The number of aromatic amines is 1. The van der Waals surface area contributed by atoms with E-state index in [-0.39, 0.29) is 46.7 Å². The van der Waals surface area contributed by atoms with Crippen LogP contribution in [0, 0.1) is 10.1 Å². The fourth-order valence-electron chi connectivity index (χ4n) is 4.10. The Morgan fingerprint density at radius 1 is 1.06 bits per heavy atom. The van der Waals surface area contributed by atoms with Gasteiger partial charge < -0.3 is 5.11 Å². The van der Waals surface area contributed by atoms with Crippen molar-refractivity contribution in [3.05, 3.63) is 92.9 Å². The molecule has 1 aromatic heterocycles. The first-order valence-electron chi connectivity index (χ1n) is 10.1. The number of carbonyl (C=O) groups is 1. The van der Waals surface area contributed by atoms with Crippen LogP contribution < -0.4 is 0 Å². The fourth-order valence-corrected chi connectivity index (χ4v) is 4.10. The van der Waals surface area contributed by atoms with Crippen LogP contribution >= 0.6 is 0 Å². The fraction of sp³-hybridized carbons (Fsp3) is 0.217. The molecule has 1 aliphatic rings. The van der Waals surface area contributed by atoms with Gasteiger partial charge in [-0.2, -0.15) is 18.3 Å². The molecule has 0 saturated heterocycles. The number of nitrogens with zero attached hydrogens (tertiary/aromatic N) is 2. The highest BCUT2D eigenvalue weighted by molar-refractivity contribution is 5.99. The third-order valence-electron chi connectivity index (χ3n) is 5.58. The predicted octanol–water partition coefficient (Wildman–Crippen LogP) is 5.70. The van der Waals surface area contributed by atoms with Crippen LogP contribution in [0.3, 0.4) is 0 Å². The summed E-state index contributed by atoms with van der Waals surface area (Å²) in [5.74, 6) is -2.09. The number of aliphatic hydroxyl groups is 1. The normalized spacial score (nSPS) is 15.5. The first-order chi connectivity index (χ1) is 15.7. The van der Waals surface area contributed by atoms with E-state index in [1.807, 2.05) is 0 Å². The van der Waals surface area contributed by atoms with Crippen LogP contribution in [0.4, 0.5) is 18.9 Å². The zero-order valence-electron chi connectivity index (χ0n) is 17.1. The number of benzene rings is 2. The van der Waals surface area contributed by atoms with E-state index >= 15 is 0 Å². The van der Waals surface area contributed by atoms with E-state index in [2.05, 4.69) is 10.2 Å². The number of allylic oxidation sites excluding steroid dienone is 2. The highest BCUT2D eigenvalue weighted by Gasteiger charge is 2.43. The number of carbonyl (C=O) groups excluding carboxylic acids is 1. The van der Waals surface area contributed by atoms with E-state index in [1.54, 1.807) is 30.3 Å². The van der Waals surface area contributed by atoms with Gasteiger partial charge in [0, 0.05) is 47.6 Å². The van der Waals surface area contributed by atoms with Crippen molar-refractivity contribution in [1.29, 1.82) is 0 Å². The molecule has 1 aliphatic carbocycles. The van der Waals surface area contributed by atoms with Gasteiger partial charge in [0.25, 0.3) is 5.69 Å². The van der Waals surface area contributed by atoms with E-state index in [0.29, 0.717) is 12.0 Å². The molecule has 1 unspecified atom stereocenters. The highest BCUT2D eigenvalue weighted by Crippen LogP contribution is 2.46. The van der Waals surface area contributed by atoms with E-state index < -0.39 is 28.5 Å². The number of nitro benzene ring substituents is 1. The van der Waals surface area contributed by atoms with Crippen molar-refractivity contribution in [2.45, 2.75) is 31.4 Å². The number of halogens is 3. The van der Waals surface area contributed by atoms with Gasteiger partial charge in [0.1, 0.15) is 5.69 Å². The Bertz CT molecular complexity index is 1230. The number of nitro groups is 1. The van der Waals surface area contributed by atoms with E-state index in [0.717, 1.165) is 12.1 Å². The van der Waals surface area contributed by atoms with Gasteiger partial charge in [0.15, 0.2) is 5.78 Å². The van der Waals surface area contributed by atoms with Crippen LogP contribution in [-0.2, 0) is 11.0 Å². The minimum atomic E-state index is -4.83. The molecule has 0 fully saturated rings. The van der Waals surface area contributed by atoms with Crippen molar-refractivity contribution >= 4 is 11.5 Å². The average Bonchev–Trinajstić information content (AvgIpc) is 3.22. The summed E-state index contributed by atoms with van der Waals surface area (Å²) in [5.41, 5.74) is -1.32. The summed E-state index contributed by atoms with van der Waals surface area (Å²) in [6, 6.07) is 13.1. The lowest BCUT2D eigenvalue weighted by Gasteiger charge is -2.26. The Balaban J connectivity index is 2.03. The van der Waals surface area contributed by atoms with Crippen LogP contribution in [0.1, 0.15) is 42.0 Å². The standard InChI is InChI=1S/C23H18F3N3O4/c24-23(25,26)22-20(21(27-28-22)14-5-2-1-3-6-14)18(19-16(30)7-4-8-17(19)31)13-9-11-15(12-10-13)29(32)33/h1-3,5-6,9-12,18,30H,4,7-8H2,(H,27,28). The number of alkyl halides is 3. The maximum absolute atomic E-state index is 14.1. The molecular weight excluding hydrogens is 439 g/mol. The smallest absolute Gasteiger partial charge is 0.433 e. The molecule has 0 radical (unpaired) electrons. The summed E-state index contributed by atoms with van der Waals surface area (Å²) >= 11 is 0. The van der Waals surface area contributed by atoms with Crippen LogP contribution in [0.2, 0.25) is 0 Å². The summed E-state index contributed by atoms with van der Waals surface area (Å²) in [6.07, 6.45) is -4.24. The third kappa shape index (κ3) is 4.23. The lowest BCUT2D eigenvalue weighted by molar-refractivity contribution is -0.384. The molecule has 0 amide bonds. The van der Waals surface area contributed by atoms with E-state index in [4.69, 9.17) is 0 Å². The summed E-state index contributed by atoms with van der Waals surface area (Å²) in [4.78, 5) is 23.3. The van der Waals surface area contributed by atoms with Gasteiger partial charge >= 0.3 is 6.18 Å². The number of nitrogens with one attached hydrogen (secondary N) is 1. The Morgan fingerprint density at radius 2 is 1.73 bits per heavy atom. The van der Waals surface area contributed by atoms with E-state index in [9.17, 15) is 33.2 Å². The van der Waals surface area contributed by atoms with Gasteiger partial charge in [-0.3, -0.25) is 20.0 Å². The zero-order valence-corrected chi connectivity index (χ0v) is 17.1. The third-order valence-corrected chi connectivity index (χ3v) is 5.58. The van der Waals surface area contributed by atoms with Gasteiger partial charge in [-0.25, -0.2) is 0 Å². The molecule has 1 heterocycles. The maximum atomic E-state index is 14.1. The molecule has 1 atom stereocenters. The van der Waals surface area contributed by atoms with Crippen molar-refractivity contribution in [2.75, 3.05) is 0 Å². The topological polar surface area (TPSA) is 109 Å². The van der Waals surface area contributed by atoms with Crippen LogP contribution in [0.25, 0.3) is 11.3 Å². The summed E-state index contributed by atoms with van der Waals surface area (Å²) in [6.45, 7) is 0. The largest absolute Gasteiger partial charge is 0.512 e. The highest BCUT2D eigenvalue weighted by atomic mass is 19.4. The second-order valence-electron chi connectivity index (χ2n) is 7.64. The minimum absolute atomic E-state index is 0.0232. The first kappa shape index (κ1) is 22.3. The van der Waals surface area contributed by atoms with Gasteiger partial charge in [-0.1, -0.05) is 42.5 Å². The quantitative estimate of drug-likeness (QED) is 0.377. The monoisotopic (exact) mass is 457 g/mol. The molecule has 2 aromatic carbocycles. The van der Waals surface area contributed by atoms with Gasteiger partial charge in [-0.15, -0.1) is 0 Å². The SMILES string of the molecule is O=C1CCCC(O)=C1C(c1ccc([N+](=O)[O-])cc1)c1c(-c2ccccc2)n[nH]c1C(F)(F)F. The molecule has 0 spiro atoms. The number of non-ortho nitro benzene ring substituents is 1. The molecule has 0 saturated carbocycles. The number of ketones is 1. The van der Waals surface area contributed by atoms with Gasteiger partial charge in [0.05, 0.1) is 16.4 Å². The molecule has 0 aliphatic heterocycles. The number of rotatable bonds is 5. The summed E-state index contributed by atoms with van der Waals surface area (Å²) in [5, 5.41) is 27.7. The summed E-state index contributed by atoms with van der Waals surface area (Å²) in [7, 11) is 0. The molecule has 7 nitrogen and oxygen atoms in total. The molecule has 33 heavy (non-hydrogen) atoms. The van der Waals surface area contributed by atoms with E-state index in [1.165, 1.54) is 12.1 Å². The first-order valence-corrected chi connectivity index (χ1v) is 10.1. The van der Waals surface area contributed by atoms with Crippen molar-refractivity contribution in [1.82, 2.24) is 10.2 Å². The molecule has 3 aromatic rings. The second kappa shape index (κ2) is 8.53. The molecule has 170 valence electrons. The minimum Gasteiger partial charge on any atom is -0.512 e. The molecular formula is C23H18F3N3O4. The van der Waals surface area contributed by atoms with Crippen molar-refractivity contribution < 1.29 is 28.0 Å². The Kier molecular flexibility index (Phi) is 5.75. The molecule has 10 heteroatoms. The predicted molar refractivity (Wildman–Crippen MR) is 112 cm³/mol. The van der Waals surface area contributed by atoms with Crippen LogP contribution in [0.15, 0.2) is 65.9 Å².